The Bertz CT molecular complexity index is 1310. The van der Waals surface area contributed by atoms with Gasteiger partial charge >= 0.3 is 19.8 Å². The minimum Gasteiger partial charge on any atom is -0.480 e. The Morgan fingerprint density at radius 1 is 0.500 bits per heavy atom. The Morgan fingerprint density at radius 2 is 0.859 bits per heavy atom. The normalized spacial score (nSPS) is 14.1. The summed E-state index contributed by atoms with van der Waals surface area (Å²) in [7, 11) is -4.77. The van der Waals surface area contributed by atoms with Crippen molar-refractivity contribution in [1.82, 2.24) is 5.32 Å². The molecule has 0 aliphatic carbocycles. The molecule has 0 aromatic rings. The van der Waals surface area contributed by atoms with Crippen LogP contribution in [0.2, 0.25) is 0 Å². The van der Waals surface area contributed by atoms with E-state index >= 15 is 0 Å². The van der Waals surface area contributed by atoms with Gasteiger partial charge in [-0.15, -0.1) is 0 Å². The number of carbonyl (C=O) groups excluding carboxylic acids is 2. The molecule has 3 unspecified atom stereocenters. The summed E-state index contributed by atoms with van der Waals surface area (Å²) in [5.74, 6) is -2.42. The van der Waals surface area contributed by atoms with Gasteiger partial charge in [0.15, 0.2) is 6.04 Å². The summed E-state index contributed by atoms with van der Waals surface area (Å²) >= 11 is 0. The van der Waals surface area contributed by atoms with Gasteiger partial charge in [0.05, 0.1) is 13.2 Å². The fraction of sp³-hybridized carbons (Fsp3) is 0.750. The summed E-state index contributed by atoms with van der Waals surface area (Å²) in [5, 5.41) is 21.9. The Labute approximate surface area is 389 Å². The molecule has 0 radical (unpaired) electrons. The fourth-order valence-corrected chi connectivity index (χ4v) is 7.60. The summed E-state index contributed by atoms with van der Waals surface area (Å²) in [4.78, 5) is 46.1. The van der Waals surface area contributed by atoms with Gasteiger partial charge in [0.2, 0.25) is 5.91 Å². The number of carbonyl (C=O) groups is 3. The highest BCUT2D eigenvalue weighted by Gasteiger charge is 2.28. The van der Waals surface area contributed by atoms with Crippen molar-refractivity contribution < 1.29 is 47.8 Å². The van der Waals surface area contributed by atoms with Crippen LogP contribution in [-0.4, -0.2) is 64.9 Å². The lowest BCUT2D eigenvalue weighted by Gasteiger charge is -2.18. The largest absolute Gasteiger partial charge is 0.480 e. The van der Waals surface area contributed by atoms with Gasteiger partial charge in [-0.05, 0) is 83.5 Å². The number of hydrogen-bond acceptors (Lipinski definition) is 8. The number of nitrogens with one attached hydrogen (secondary N) is 1. The maximum Gasteiger partial charge on any atom is 0.472 e. The standard InChI is InChI=1S/C52H92NO10P/c1-3-5-7-9-11-13-15-17-19-21-23-24-26-28-30-32-34-36-38-40-42-44-51(56)61-45-48(54)46-62-64(59,60)63-47-49(52(57)58)53-50(55)43-41-39-37-35-33-31-29-27-25-22-20-18-16-14-12-10-8-6-4-2/h12,14,17-20,25,27,31,33,48-49,54H,3-11,13,15-16,21-24,26,28-30,32,34-47H2,1-2H3,(H,53,55)(H,57,58)(H,59,60)/b14-12-,19-17+,20-18-,27-25-,33-31-. The van der Waals surface area contributed by atoms with E-state index in [4.69, 9.17) is 13.8 Å². The molecule has 370 valence electrons. The molecule has 0 aromatic heterocycles. The van der Waals surface area contributed by atoms with Crippen molar-refractivity contribution in [2.45, 2.75) is 231 Å². The van der Waals surface area contributed by atoms with Crippen molar-refractivity contribution >= 4 is 25.7 Å². The number of amides is 1. The lowest BCUT2D eigenvalue weighted by molar-refractivity contribution is -0.147. The van der Waals surface area contributed by atoms with Crippen LogP contribution in [0.4, 0.5) is 0 Å². The molecule has 0 saturated carbocycles. The number of carboxylic acids is 1. The molecule has 12 heteroatoms. The maximum atomic E-state index is 12.3. The number of phosphoric ester groups is 1. The van der Waals surface area contributed by atoms with Crippen LogP contribution < -0.4 is 5.32 Å². The van der Waals surface area contributed by atoms with Crippen LogP contribution in [0.15, 0.2) is 60.8 Å². The molecule has 0 aliphatic rings. The van der Waals surface area contributed by atoms with Gasteiger partial charge in [-0.3, -0.25) is 18.6 Å². The van der Waals surface area contributed by atoms with Gasteiger partial charge in [0.1, 0.15) is 12.7 Å². The lowest BCUT2D eigenvalue weighted by Crippen LogP contribution is -2.43. The van der Waals surface area contributed by atoms with E-state index in [-0.39, 0.29) is 12.8 Å². The number of allylic oxidation sites excluding steroid dienone is 10. The molecule has 0 rings (SSSR count). The first-order valence-corrected chi connectivity index (χ1v) is 26.8. The molecule has 0 saturated heterocycles. The zero-order valence-corrected chi connectivity index (χ0v) is 41.2. The SMILES string of the molecule is CCCCC/C=C\C/C=C\C/C=C\C/C=C\CCCCCC(=O)NC(COP(=O)(O)OCC(O)COC(=O)CCCCCCCCCCCCC/C=C/CCCCCCCC)C(=O)O. The predicted octanol–water partition coefficient (Wildman–Crippen LogP) is 13.9. The third kappa shape index (κ3) is 45.7. The summed E-state index contributed by atoms with van der Waals surface area (Å²) in [6, 6.07) is -1.57. The summed E-state index contributed by atoms with van der Waals surface area (Å²) in [6.45, 7) is 2.56. The molecular formula is C52H92NO10P. The minimum atomic E-state index is -4.77. The number of ether oxygens (including phenoxy) is 1. The predicted molar refractivity (Wildman–Crippen MR) is 263 cm³/mol. The molecule has 0 aliphatic heterocycles. The molecule has 0 heterocycles. The molecule has 64 heavy (non-hydrogen) atoms. The number of phosphoric acid groups is 1. The van der Waals surface area contributed by atoms with Crippen molar-refractivity contribution in [3.8, 4) is 0 Å². The van der Waals surface area contributed by atoms with Gasteiger partial charge in [0, 0.05) is 12.8 Å². The van der Waals surface area contributed by atoms with E-state index in [0.717, 1.165) is 57.8 Å². The van der Waals surface area contributed by atoms with E-state index in [1.54, 1.807) is 0 Å². The average molecular weight is 922 g/mol. The van der Waals surface area contributed by atoms with E-state index in [2.05, 4.69) is 79.9 Å². The van der Waals surface area contributed by atoms with Crippen LogP contribution in [0.25, 0.3) is 0 Å². The summed E-state index contributed by atoms with van der Waals surface area (Å²) in [6.07, 6.45) is 55.3. The first kappa shape index (κ1) is 61.2. The topological polar surface area (TPSA) is 169 Å². The molecule has 0 aromatic carbocycles. The van der Waals surface area contributed by atoms with Gasteiger partial charge < -0.3 is 25.2 Å². The second kappa shape index (κ2) is 46.7. The van der Waals surface area contributed by atoms with Crippen LogP contribution in [0.1, 0.15) is 219 Å². The zero-order valence-electron chi connectivity index (χ0n) is 40.3. The van der Waals surface area contributed by atoms with E-state index < -0.39 is 57.6 Å². The minimum absolute atomic E-state index is 0.106. The van der Waals surface area contributed by atoms with Crippen molar-refractivity contribution in [1.29, 1.82) is 0 Å². The quantitative estimate of drug-likeness (QED) is 0.0199. The number of unbranched alkanes of at least 4 members (excludes halogenated alkanes) is 23. The third-order valence-electron chi connectivity index (χ3n) is 10.8. The van der Waals surface area contributed by atoms with Crippen molar-refractivity contribution in [3.05, 3.63) is 60.8 Å². The fourth-order valence-electron chi connectivity index (χ4n) is 6.82. The van der Waals surface area contributed by atoms with Crippen LogP contribution in [0.3, 0.4) is 0 Å². The van der Waals surface area contributed by atoms with Gasteiger partial charge in [0.25, 0.3) is 0 Å². The molecule has 1 amide bonds. The van der Waals surface area contributed by atoms with Gasteiger partial charge in [-0.1, -0.05) is 184 Å². The van der Waals surface area contributed by atoms with Crippen LogP contribution >= 0.6 is 7.82 Å². The van der Waals surface area contributed by atoms with E-state index in [0.29, 0.717) is 12.8 Å². The zero-order chi connectivity index (χ0) is 47.0. The van der Waals surface area contributed by atoms with E-state index in [9.17, 15) is 34.1 Å². The third-order valence-corrected chi connectivity index (χ3v) is 11.7. The Kier molecular flexibility index (Phi) is 44.6. The van der Waals surface area contributed by atoms with Crippen molar-refractivity contribution in [3.63, 3.8) is 0 Å². The maximum absolute atomic E-state index is 12.3. The molecular weight excluding hydrogens is 830 g/mol. The van der Waals surface area contributed by atoms with E-state index in [1.807, 2.05) is 0 Å². The molecule has 3 atom stereocenters. The number of hydrogen-bond donors (Lipinski definition) is 4. The first-order chi connectivity index (χ1) is 31.1. The molecule has 0 fully saturated rings. The Hall–Kier alpha value is -2.82. The second-order valence-corrected chi connectivity index (χ2v) is 18.5. The number of rotatable bonds is 47. The highest BCUT2D eigenvalue weighted by atomic mass is 31.2. The summed E-state index contributed by atoms with van der Waals surface area (Å²) in [5.41, 5.74) is 0. The molecule has 11 nitrogen and oxygen atoms in total. The van der Waals surface area contributed by atoms with Crippen LogP contribution in [0, 0.1) is 0 Å². The first-order valence-electron chi connectivity index (χ1n) is 25.3. The average Bonchev–Trinajstić information content (AvgIpc) is 3.27. The van der Waals surface area contributed by atoms with Crippen LogP contribution in [0.5, 0.6) is 0 Å². The van der Waals surface area contributed by atoms with Crippen LogP contribution in [-0.2, 0) is 32.7 Å². The number of aliphatic hydroxyl groups excluding tert-OH is 1. The van der Waals surface area contributed by atoms with Crippen molar-refractivity contribution in [2.24, 2.45) is 0 Å². The van der Waals surface area contributed by atoms with Crippen molar-refractivity contribution in [2.75, 3.05) is 19.8 Å². The van der Waals surface area contributed by atoms with E-state index in [1.165, 1.54) is 122 Å². The molecule has 0 bridgehead atoms. The highest BCUT2D eigenvalue weighted by Crippen LogP contribution is 2.43. The highest BCUT2D eigenvalue weighted by molar-refractivity contribution is 7.47. The molecule has 4 N–H and O–H groups in total. The monoisotopic (exact) mass is 922 g/mol. The smallest absolute Gasteiger partial charge is 0.472 e. The number of aliphatic hydroxyl groups is 1. The Morgan fingerprint density at radius 3 is 1.34 bits per heavy atom. The Balaban J connectivity index is 3.88. The van der Waals surface area contributed by atoms with Gasteiger partial charge in [-0.2, -0.15) is 0 Å². The van der Waals surface area contributed by atoms with Gasteiger partial charge in [-0.25, -0.2) is 9.36 Å². The number of aliphatic carboxylic acids is 1. The molecule has 0 spiro atoms. The number of carboxylic acid groups (broad SMARTS) is 1. The second-order valence-electron chi connectivity index (χ2n) is 17.0. The summed E-state index contributed by atoms with van der Waals surface area (Å²) < 4.78 is 26.9. The number of esters is 1. The lowest BCUT2D eigenvalue weighted by atomic mass is 10.0.